The molecule has 3 aromatic heterocycles. The molecule has 1 aliphatic heterocycles. The van der Waals surface area contributed by atoms with Crippen molar-refractivity contribution >= 4 is 11.6 Å². The van der Waals surface area contributed by atoms with Gasteiger partial charge in [-0.1, -0.05) is 12.1 Å². The SMILES string of the molecule is O=C(NC1CCc2nn(Cc3ccc(F)cc3)c(=O)n2CC1)c1cnc2cccnn12. The van der Waals surface area contributed by atoms with Crippen molar-refractivity contribution in [2.75, 3.05) is 0 Å². The number of benzene rings is 1. The summed E-state index contributed by atoms with van der Waals surface area (Å²) < 4.78 is 17.7. The zero-order valence-corrected chi connectivity index (χ0v) is 16.6. The van der Waals surface area contributed by atoms with Gasteiger partial charge in [0.2, 0.25) is 0 Å². The van der Waals surface area contributed by atoms with Crippen molar-refractivity contribution in [3.63, 3.8) is 0 Å². The molecular weight excluding hydrogens is 401 g/mol. The molecule has 1 N–H and O–H groups in total. The molecule has 1 atom stereocenters. The summed E-state index contributed by atoms with van der Waals surface area (Å²) in [6.07, 6.45) is 4.97. The highest BCUT2D eigenvalue weighted by molar-refractivity contribution is 5.93. The van der Waals surface area contributed by atoms with E-state index >= 15 is 0 Å². The van der Waals surface area contributed by atoms with Gasteiger partial charge >= 0.3 is 5.69 Å². The molecule has 9 nitrogen and oxygen atoms in total. The van der Waals surface area contributed by atoms with Crippen molar-refractivity contribution in [3.8, 4) is 0 Å². The number of amides is 1. The molecule has 0 saturated heterocycles. The normalized spacial score (nSPS) is 16.1. The lowest BCUT2D eigenvalue weighted by Crippen LogP contribution is -2.36. The second-order valence-corrected chi connectivity index (χ2v) is 7.57. The van der Waals surface area contributed by atoms with E-state index in [0.29, 0.717) is 49.5 Å². The summed E-state index contributed by atoms with van der Waals surface area (Å²) >= 11 is 0. The fourth-order valence-electron chi connectivity index (χ4n) is 3.88. The fourth-order valence-corrected chi connectivity index (χ4v) is 3.88. The number of carbonyl (C=O) groups excluding carboxylic acids is 1. The second-order valence-electron chi connectivity index (χ2n) is 7.57. The van der Waals surface area contributed by atoms with Crippen LogP contribution in [-0.2, 0) is 19.5 Å². The van der Waals surface area contributed by atoms with E-state index in [2.05, 4.69) is 20.5 Å². The van der Waals surface area contributed by atoms with Gasteiger partial charge in [-0.3, -0.25) is 9.36 Å². The third-order valence-corrected chi connectivity index (χ3v) is 5.51. The number of carbonyl (C=O) groups is 1. The van der Waals surface area contributed by atoms with Gasteiger partial charge in [0.1, 0.15) is 17.3 Å². The van der Waals surface area contributed by atoms with Crippen LogP contribution in [0.2, 0.25) is 0 Å². The molecular formula is C21H20FN7O2. The third kappa shape index (κ3) is 3.72. The molecule has 0 spiro atoms. The number of hydrogen-bond donors (Lipinski definition) is 1. The summed E-state index contributed by atoms with van der Waals surface area (Å²) in [5, 5.41) is 11.7. The summed E-state index contributed by atoms with van der Waals surface area (Å²) in [6, 6.07) is 9.49. The number of aromatic nitrogens is 6. The van der Waals surface area contributed by atoms with Gasteiger partial charge < -0.3 is 5.32 Å². The molecule has 0 radical (unpaired) electrons. The van der Waals surface area contributed by atoms with Crippen LogP contribution in [0.3, 0.4) is 0 Å². The molecule has 1 aromatic carbocycles. The van der Waals surface area contributed by atoms with E-state index in [1.54, 1.807) is 35.0 Å². The van der Waals surface area contributed by atoms with E-state index in [1.807, 2.05) is 0 Å². The Morgan fingerprint density at radius 1 is 1.19 bits per heavy atom. The Morgan fingerprint density at radius 2 is 2.03 bits per heavy atom. The summed E-state index contributed by atoms with van der Waals surface area (Å²) in [4.78, 5) is 29.7. The molecule has 0 aliphatic carbocycles. The van der Waals surface area contributed by atoms with E-state index < -0.39 is 0 Å². The van der Waals surface area contributed by atoms with Crippen molar-refractivity contribution in [2.24, 2.45) is 0 Å². The van der Waals surface area contributed by atoms with Gasteiger partial charge in [-0.2, -0.15) is 10.2 Å². The molecule has 4 heterocycles. The van der Waals surface area contributed by atoms with Crippen LogP contribution >= 0.6 is 0 Å². The summed E-state index contributed by atoms with van der Waals surface area (Å²) in [6.45, 7) is 0.758. The highest BCUT2D eigenvalue weighted by Crippen LogP contribution is 2.14. The Hall–Kier alpha value is -3.82. The second kappa shape index (κ2) is 7.78. The smallest absolute Gasteiger partial charge is 0.346 e. The molecule has 4 aromatic rings. The Morgan fingerprint density at radius 3 is 2.87 bits per heavy atom. The zero-order valence-electron chi connectivity index (χ0n) is 16.6. The molecule has 0 saturated carbocycles. The molecule has 5 rings (SSSR count). The van der Waals surface area contributed by atoms with E-state index in [1.165, 1.54) is 27.5 Å². The van der Waals surface area contributed by atoms with Gasteiger partial charge in [-0.05, 0) is 42.7 Å². The van der Waals surface area contributed by atoms with Crippen molar-refractivity contribution in [2.45, 2.75) is 38.4 Å². The van der Waals surface area contributed by atoms with Gasteiger partial charge in [0.05, 0.1) is 12.7 Å². The number of aryl methyl sites for hydroxylation is 1. The highest BCUT2D eigenvalue weighted by atomic mass is 19.1. The van der Waals surface area contributed by atoms with E-state index in [4.69, 9.17) is 0 Å². The summed E-state index contributed by atoms with van der Waals surface area (Å²) in [5.41, 5.74) is 1.59. The van der Waals surface area contributed by atoms with Crippen LogP contribution in [0, 0.1) is 5.82 Å². The van der Waals surface area contributed by atoms with Crippen molar-refractivity contribution in [3.05, 3.63) is 82.2 Å². The first kappa shape index (κ1) is 19.2. The molecule has 0 fully saturated rings. The third-order valence-electron chi connectivity index (χ3n) is 5.51. The predicted octanol–water partition coefficient (Wildman–Crippen LogP) is 1.41. The van der Waals surface area contributed by atoms with Gasteiger partial charge in [-0.25, -0.2) is 23.4 Å². The van der Waals surface area contributed by atoms with Crippen LogP contribution in [0.4, 0.5) is 4.39 Å². The molecule has 10 heteroatoms. The van der Waals surface area contributed by atoms with Crippen LogP contribution in [0.25, 0.3) is 5.65 Å². The first-order chi connectivity index (χ1) is 15.1. The number of imidazole rings is 1. The quantitative estimate of drug-likeness (QED) is 0.537. The van der Waals surface area contributed by atoms with E-state index in [-0.39, 0.29) is 23.5 Å². The Balaban J connectivity index is 1.27. The number of hydrogen-bond acceptors (Lipinski definition) is 5. The Bertz CT molecular complexity index is 1310. The molecule has 31 heavy (non-hydrogen) atoms. The molecule has 158 valence electrons. The lowest BCUT2D eigenvalue weighted by molar-refractivity contribution is 0.0925. The van der Waals surface area contributed by atoms with Crippen molar-refractivity contribution in [1.82, 2.24) is 34.3 Å². The Kier molecular flexibility index (Phi) is 4.81. The van der Waals surface area contributed by atoms with E-state index in [9.17, 15) is 14.0 Å². The maximum absolute atomic E-state index is 13.1. The molecule has 1 unspecified atom stereocenters. The first-order valence-electron chi connectivity index (χ1n) is 10.1. The number of nitrogens with one attached hydrogen (secondary N) is 1. The molecule has 0 bridgehead atoms. The van der Waals surface area contributed by atoms with Crippen LogP contribution in [0.1, 0.15) is 34.7 Å². The minimum absolute atomic E-state index is 0.0894. The van der Waals surface area contributed by atoms with Gasteiger partial charge in [0, 0.05) is 25.2 Å². The highest BCUT2D eigenvalue weighted by Gasteiger charge is 2.23. The van der Waals surface area contributed by atoms with Gasteiger partial charge in [0.15, 0.2) is 5.65 Å². The number of fused-ring (bicyclic) bond motifs is 2. The van der Waals surface area contributed by atoms with Crippen molar-refractivity contribution < 1.29 is 9.18 Å². The van der Waals surface area contributed by atoms with E-state index in [0.717, 1.165) is 5.56 Å². The average Bonchev–Trinajstić information content (AvgIpc) is 3.26. The number of halogens is 1. The van der Waals surface area contributed by atoms with Crippen LogP contribution < -0.4 is 11.0 Å². The number of nitrogens with zero attached hydrogens (tertiary/aromatic N) is 6. The lowest BCUT2D eigenvalue weighted by Gasteiger charge is -2.15. The Labute approximate surface area is 176 Å². The summed E-state index contributed by atoms with van der Waals surface area (Å²) in [5.74, 6) is 0.134. The van der Waals surface area contributed by atoms with Gasteiger partial charge in [-0.15, -0.1) is 0 Å². The largest absolute Gasteiger partial charge is 0.348 e. The minimum atomic E-state index is -0.315. The maximum atomic E-state index is 13.1. The topological polar surface area (TPSA) is 99.1 Å². The maximum Gasteiger partial charge on any atom is 0.346 e. The molecule has 1 amide bonds. The van der Waals surface area contributed by atoms with Crippen molar-refractivity contribution in [1.29, 1.82) is 0 Å². The van der Waals surface area contributed by atoms with Crippen LogP contribution in [0.5, 0.6) is 0 Å². The van der Waals surface area contributed by atoms with Crippen LogP contribution in [0.15, 0.2) is 53.6 Å². The van der Waals surface area contributed by atoms with Crippen LogP contribution in [-0.4, -0.2) is 40.9 Å². The lowest BCUT2D eigenvalue weighted by atomic mass is 10.1. The molecule has 1 aliphatic rings. The number of rotatable bonds is 4. The average molecular weight is 421 g/mol. The predicted molar refractivity (Wildman–Crippen MR) is 109 cm³/mol. The minimum Gasteiger partial charge on any atom is -0.348 e. The first-order valence-corrected chi connectivity index (χ1v) is 10.1. The standard InChI is InChI=1S/C21H20FN7O2/c22-15-5-3-14(4-6-15)13-28-21(31)27-11-9-16(7-8-19(27)26-28)25-20(30)17-12-23-18-2-1-10-24-29(17)18/h1-6,10,12,16H,7-9,11,13H2,(H,25,30). The van der Waals surface area contributed by atoms with Gasteiger partial charge in [0.25, 0.3) is 5.91 Å². The zero-order chi connectivity index (χ0) is 21.4. The summed E-state index contributed by atoms with van der Waals surface area (Å²) in [7, 11) is 0. The fraction of sp³-hybridized carbons (Fsp3) is 0.286. The monoisotopic (exact) mass is 421 g/mol.